The van der Waals surface area contributed by atoms with Gasteiger partial charge in [0.15, 0.2) is 0 Å². The highest BCUT2D eigenvalue weighted by atomic mass is 16.2. The number of carbonyl (C=O) groups is 2. The highest BCUT2D eigenvalue weighted by Crippen LogP contribution is 2.42. The van der Waals surface area contributed by atoms with Crippen LogP contribution in [0, 0.1) is 0 Å². The summed E-state index contributed by atoms with van der Waals surface area (Å²) in [5.41, 5.74) is 3.98. The van der Waals surface area contributed by atoms with Crippen LogP contribution in [-0.2, 0) is 9.59 Å². The maximum atomic E-state index is 13.9. The van der Waals surface area contributed by atoms with Gasteiger partial charge < -0.3 is 9.47 Å². The molecule has 1 atom stereocenters. The summed E-state index contributed by atoms with van der Waals surface area (Å²) in [4.78, 5) is 30.3. The van der Waals surface area contributed by atoms with Gasteiger partial charge in [0.05, 0.1) is 17.1 Å². The minimum absolute atomic E-state index is 0.0369. The fourth-order valence-electron chi connectivity index (χ4n) is 4.60. The van der Waals surface area contributed by atoms with Crippen molar-refractivity contribution in [2.75, 3.05) is 11.4 Å². The predicted molar refractivity (Wildman–Crippen MR) is 121 cm³/mol. The molecule has 0 unspecified atom stereocenters. The van der Waals surface area contributed by atoms with Gasteiger partial charge in [0.1, 0.15) is 12.6 Å². The third-order valence-corrected chi connectivity index (χ3v) is 6.18. The monoisotopic (exact) mass is 413 g/mol. The van der Waals surface area contributed by atoms with Crippen LogP contribution in [0.5, 0.6) is 0 Å². The predicted octanol–water partition coefficient (Wildman–Crippen LogP) is 4.70. The lowest BCUT2D eigenvalue weighted by Gasteiger charge is -2.39. The van der Waals surface area contributed by atoms with Crippen molar-refractivity contribution in [1.29, 1.82) is 0 Å². The van der Waals surface area contributed by atoms with Crippen LogP contribution in [0.1, 0.15) is 49.9 Å². The zero-order chi connectivity index (χ0) is 21.4. The lowest BCUT2D eigenvalue weighted by Crippen LogP contribution is -2.47. The van der Waals surface area contributed by atoms with E-state index in [0.29, 0.717) is 6.42 Å². The van der Waals surface area contributed by atoms with E-state index in [1.54, 1.807) is 0 Å². The molecule has 5 heteroatoms. The maximum absolute atomic E-state index is 13.9. The molecule has 3 aromatic rings. The maximum Gasteiger partial charge on any atom is 0.247 e. The van der Waals surface area contributed by atoms with E-state index in [2.05, 4.69) is 22.8 Å². The van der Waals surface area contributed by atoms with Gasteiger partial charge in [-0.3, -0.25) is 14.5 Å². The molecule has 0 spiro atoms. The quantitative estimate of drug-likeness (QED) is 0.588. The molecule has 0 bridgehead atoms. The van der Waals surface area contributed by atoms with Crippen LogP contribution in [0.2, 0.25) is 0 Å². The normalized spacial score (nSPS) is 17.1. The molecule has 2 aromatic carbocycles. The molecular formula is C26H27N3O2. The number of para-hydroxylation sites is 2. The van der Waals surface area contributed by atoms with Crippen LogP contribution in [0.4, 0.5) is 5.69 Å². The molecule has 1 aromatic heterocycles. The molecule has 2 amide bonds. The fraction of sp³-hybridized carbons (Fsp3) is 0.308. The Hall–Kier alpha value is -3.34. The topological polar surface area (TPSA) is 45.6 Å². The van der Waals surface area contributed by atoms with E-state index < -0.39 is 0 Å². The van der Waals surface area contributed by atoms with Crippen molar-refractivity contribution < 1.29 is 9.59 Å². The number of anilines is 1. The molecule has 2 heterocycles. The smallest absolute Gasteiger partial charge is 0.247 e. The second-order valence-corrected chi connectivity index (χ2v) is 8.37. The number of aromatic nitrogens is 1. The second kappa shape index (κ2) is 8.06. The first-order valence-corrected chi connectivity index (χ1v) is 11.1. The van der Waals surface area contributed by atoms with Crippen LogP contribution in [0.15, 0.2) is 72.9 Å². The molecular weight excluding hydrogens is 386 g/mol. The molecule has 1 aliphatic carbocycles. The van der Waals surface area contributed by atoms with E-state index in [1.807, 2.05) is 71.5 Å². The van der Waals surface area contributed by atoms with Gasteiger partial charge in [-0.2, -0.15) is 0 Å². The van der Waals surface area contributed by atoms with Crippen molar-refractivity contribution in [3.63, 3.8) is 0 Å². The highest BCUT2D eigenvalue weighted by molar-refractivity contribution is 6.00. The Morgan fingerprint density at radius 3 is 2.35 bits per heavy atom. The number of hydrogen-bond acceptors (Lipinski definition) is 2. The van der Waals surface area contributed by atoms with Gasteiger partial charge in [0.25, 0.3) is 0 Å². The highest BCUT2D eigenvalue weighted by Gasteiger charge is 2.39. The zero-order valence-electron chi connectivity index (χ0n) is 17.8. The summed E-state index contributed by atoms with van der Waals surface area (Å²) in [7, 11) is 0. The summed E-state index contributed by atoms with van der Waals surface area (Å²) < 4.78 is 2.16. The van der Waals surface area contributed by atoms with E-state index in [-0.39, 0.29) is 30.4 Å². The molecule has 0 radical (unpaired) electrons. The van der Waals surface area contributed by atoms with Gasteiger partial charge in [-0.1, -0.05) is 49.4 Å². The van der Waals surface area contributed by atoms with E-state index in [9.17, 15) is 9.59 Å². The molecule has 2 aliphatic rings. The Labute approximate surface area is 182 Å². The summed E-state index contributed by atoms with van der Waals surface area (Å²) in [6.45, 7) is 2.13. The summed E-state index contributed by atoms with van der Waals surface area (Å²) >= 11 is 0. The first-order valence-electron chi connectivity index (χ1n) is 11.1. The van der Waals surface area contributed by atoms with Crippen molar-refractivity contribution in [3.8, 4) is 5.69 Å². The van der Waals surface area contributed by atoms with Crippen molar-refractivity contribution in [2.24, 2.45) is 0 Å². The zero-order valence-corrected chi connectivity index (χ0v) is 17.8. The van der Waals surface area contributed by atoms with Crippen LogP contribution < -0.4 is 4.90 Å². The number of benzene rings is 2. The van der Waals surface area contributed by atoms with Crippen molar-refractivity contribution in [3.05, 3.63) is 84.2 Å². The van der Waals surface area contributed by atoms with E-state index in [1.165, 1.54) is 0 Å². The Morgan fingerprint density at radius 1 is 0.935 bits per heavy atom. The average molecular weight is 414 g/mol. The molecule has 5 rings (SSSR count). The number of hydrogen-bond donors (Lipinski definition) is 0. The Morgan fingerprint density at radius 2 is 1.65 bits per heavy atom. The van der Waals surface area contributed by atoms with E-state index >= 15 is 0 Å². The molecule has 1 fully saturated rings. The lowest BCUT2D eigenvalue weighted by molar-refractivity contribution is -0.136. The second-order valence-electron chi connectivity index (χ2n) is 8.37. The van der Waals surface area contributed by atoms with E-state index in [0.717, 1.165) is 41.9 Å². The number of rotatable bonds is 6. The van der Waals surface area contributed by atoms with Gasteiger partial charge >= 0.3 is 0 Å². The van der Waals surface area contributed by atoms with Crippen LogP contribution in [-0.4, -0.2) is 33.9 Å². The van der Waals surface area contributed by atoms with Crippen LogP contribution in [0.25, 0.3) is 5.69 Å². The Balaban J connectivity index is 1.57. The van der Waals surface area contributed by atoms with Gasteiger partial charge in [0.2, 0.25) is 11.8 Å². The molecule has 31 heavy (non-hydrogen) atoms. The number of fused-ring (bicyclic) bond motifs is 3. The van der Waals surface area contributed by atoms with E-state index in [4.69, 9.17) is 0 Å². The average Bonchev–Trinajstić information content (AvgIpc) is 3.52. The SMILES string of the molecule is CCCC(=O)N(CC(=O)N1c2ccccc2-n2cccc2[C@@H]1c1ccccc1)C1CC1. The van der Waals surface area contributed by atoms with Gasteiger partial charge in [-0.05, 0) is 49.1 Å². The molecule has 0 saturated heterocycles. The molecule has 1 aliphatic heterocycles. The summed E-state index contributed by atoms with van der Waals surface area (Å²) in [6.07, 6.45) is 5.32. The largest absolute Gasteiger partial charge is 0.330 e. The number of nitrogens with zero attached hydrogens (tertiary/aromatic N) is 3. The molecule has 158 valence electrons. The molecule has 0 N–H and O–H groups in total. The van der Waals surface area contributed by atoms with Crippen molar-refractivity contribution in [2.45, 2.75) is 44.7 Å². The minimum atomic E-state index is -0.235. The lowest BCUT2D eigenvalue weighted by atomic mass is 9.97. The summed E-state index contributed by atoms with van der Waals surface area (Å²) in [5.74, 6) is 0.0494. The van der Waals surface area contributed by atoms with Gasteiger partial charge in [0, 0.05) is 18.7 Å². The van der Waals surface area contributed by atoms with Gasteiger partial charge in [-0.15, -0.1) is 0 Å². The number of carbonyl (C=O) groups excluding carboxylic acids is 2. The first kappa shape index (κ1) is 19.6. The standard InChI is InChI=1S/C26H27N3O2/c1-2-9-24(30)28(20-15-16-20)18-25(31)29-22-13-7-6-12-21(22)27-17-8-14-23(27)26(29)19-10-4-3-5-11-19/h3-8,10-14,17,20,26H,2,9,15-16,18H2,1H3/t26-/m0/s1. The van der Waals surface area contributed by atoms with Crippen LogP contribution >= 0.6 is 0 Å². The minimum Gasteiger partial charge on any atom is -0.330 e. The molecule has 1 saturated carbocycles. The number of amides is 2. The third-order valence-electron chi connectivity index (χ3n) is 6.18. The summed E-state index contributed by atoms with van der Waals surface area (Å²) in [6, 6.07) is 22.2. The molecule has 5 nitrogen and oxygen atoms in total. The Bertz CT molecular complexity index is 1100. The first-order chi connectivity index (χ1) is 15.2. The Kier molecular flexibility index (Phi) is 5.10. The summed E-state index contributed by atoms with van der Waals surface area (Å²) in [5, 5.41) is 0. The van der Waals surface area contributed by atoms with Crippen molar-refractivity contribution in [1.82, 2.24) is 9.47 Å². The van der Waals surface area contributed by atoms with Crippen LogP contribution in [0.3, 0.4) is 0 Å². The van der Waals surface area contributed by atoms with Gasteiger partial charge in [-0.25, -0.2) is 0 Å². The third kappa shape index (κ3) is 3.54. The fourth-order valence-corrected chi connectivity index (χ4v) is 4.60. The van der Waals surface area contributed by atoms with Crippen molar-refractivity contribution >= 4 is 17.5 Å².